The average molecular weight is 270 g/mol. The molecule has 0 saturated carbocycles. The van der Waals surface area contributed by atoms with Crippen LogP contribution < -0.4 is 5.32 Å². The van der Waals surface area contributed by atoms with Gasteiger partial charge >= 0.3 is 0 Å². The average Bonchev–Trinajstić information content (AvgIpc) is 2.05. The predicted octanol–water partition coefficient (Wildman–Crippen LogP) is 4.27. The number of hydrogen-bond acceptors (Lipinski definition) is 1. The van der Waals surface area contributed by atoms with Gasteiger partial charge in [-0.3, -0.25) is 0 Å². The molecule has 1 aliphatic heterocycles. The predicted molar refractivity (Wildman–Crippen MR) is 72.2 cm³/mol. The van der Waals surface area contributed by atoms with Gasteiger partial charge in [-0.2, -0.15) is 0 Å². The highest BCUT2D eigenvalue weighted by Crippen LogP contribution is 2.38. The summed E-state index contributed by atoms with van der Waals surface area (Å²) in [7, 11) is 0. The van der Waals surface area contributed by atoms with Gasteiger partial charge in [0.1, 0.15) is 0 Å². The Balaban J connectivity index is 0.00000112. The molecule has 0 radical (unpaired) electrons. The minimum Gasteiger partial charge on any atom is -0.380 e. The number of benzene rings is 1. The van der Waals surface area contributed by atoms with Gasteiger partial charge in [0.2, 0.25) is 0 Å². The molecule has 0 aromatic heterocycles. The molecule has 2 heteroatoms. The summed E-state index contributed by atoms with van der Waals surface area (Å²) in [4.78, 5) is 0. The first-order valence-corrected chi connectivity index (χ1v) is 5.37. The van der Waals surface area contributed by atoms with Gasteiger partial charge in [0.25, 0.3) is 0 Å². The number of halogens is 1. The zero-order valence-electron chi connectivity index (χ0n) is 9.92. The second-order valence-corrected chi connectivity index (χ2v) is 5.20. The fraction of sp³-hybridized carbons (Fsp3) is 0.538. The Kier molecular flexibility index (Phi) is 3.49. The molecule has 0 fully saturated rings. The number of aryl methyl sites for hydroxylation is 1. The maximum atomic E-state index is 3.59. The highest BCUT2D eigenvalue weighted by Gasteiger charge is 2.28. The quantitative estimate of drug-likeness (QED) is 0.742. The van der Waals surface area contributed by atoms with Crippen LogP contribution in [0.15, 0.2) is 18.2 Å². The third-order valence-corrected chi connectivity index (χ3v) is 3.03. The Bertz CT molecular complexity index is 358. The lowest BCUT2D eigenvalue weighted by atomic mass is 9.81. The third-order valence-electron chi connectivity index (χ3n) is 3.03. The van der Waals surface area contributed by atoms with E-state index in [2.05, 4.69) is 51.2 Å². The van der Waals surface area contributed by atoms with Crippen molar-refractivity contribution < 1.29 is 0 Å². The Labute approximate surface area is 103 Å². The molecule has 0 bridgehead atoms. The molecule has 1 heterocycles. The molecule has 1 atom stereocenters. The molecular weight excluding hydrogens is 250 g/mol. The van der Waals surface area contributed by atoms with E-state index in [0.717, 1.165) is 0 Å². The molecule has 0 spiro atoms. The van der Waals surface area contributed by atoms with Crippen LogP contribution in [0.4, 0.5) is 5.69 Å². The molecule has 0 aliphatic carbocycles. The van der Waals surface area contributed by atoms with Crippen molar-refractivity contribution in [1.82, 2.24) is 0 Å². The molecule has 0 amide bonds. The largest absolute Gasteiger partial charge is 0.380 e. The van der Waals surface area contributed by atoms with Gasteiger partial charge in [-0.05, 0) is 44.7 Å². The summed E-state index contributed by atoms with van der Waals surface area (Å²) in [6, 6.07) is 6.70. The molecule has 1 aliphatic rings. The fourth-order valence-electron chi connectivity index (χ4n) is 2.49. The molecule has 1 nitrogen and oxygen atoms in total. The first kappa shape index (κ1) is 12.6. The van der Waals surface area contributed by atoms with Crippen molar-refractivity contribution in [2.24, 2.45) is 0 Å². The lowest BCUT2D eigenvalue weighted by molar-refractivity contribution is 0.454. The minimum atomic E-state index is 0. The molecule has 1 aromatic carbocycles. The first-order chi connectivity index (χ1) is 6.48. The van der Waals surface area contributed by atoms with Crippen LogP contribution in [0.3, 0.4) is 0 Å². The van der Waals surface area contributed by atoms with Gasteiger partial charge in [-0.25, -0.2) is 0 Å². The Morgan fingerprint density at radius 2 is 2.00 bits per heavy atom. The van der Waals surface area contributed by atoms with Crippen LogP contribution >= 0.6 is 17.0 Å². The number of nitrogens with one attached hydrogen (secondary N) is 1. The molecule has 15 heavy (non-hydrogen) atoms. The molecule has 84 valence electrons. The first-order valence-electron chi connectivity index (χ1n) is 5.37. The summed E-state index contributed by atoms with van der Waals surface area (Å²) in [5.41, 5.74) is 4.39. The number of fused-ring (bicyclic) bond motifs is 1. The zero-order valence-corrected chi connectivity index (χ0v) is 11.6. The molecular formula is C13H20BrN. The second kappa shape index (κ2) is 4.17. The number of anilines is 1. The molecule has 1 N–H and O–H groups in total. The van der Waals surface area contributed by atoms with Gasteiger partial charge in [0.15, 0.2) is 0 Å². The summed E-state index contributed by atoms with van der Waals surface area (Å²) in [5, 5.41) is 3.59. The highest BCUT2D eigenvalue weighted by atomic mass is 79.9. The summed E-state index contributed by atoms with van der Waals surface area (Å²) in [5.74, 6) is 0.668. The van der Waals surface area contributed by atoms with Crippen LogP contribution in [-0.2, 0) is 0 Å². The van der Waals surface area contributed by atoms with Crippen LogP contribution in [-0.4, -0.2) is 5.54 Å². The van der Waals surface area contributed by atoms with Gasteiger partial charge in [-0.15, -0.1) is 17.0 Å². The normalized spacial score (nSPS) is 22.3. The maximum absolute atomic E-state index is 3.59. The van der Waals surface area contributed by atoms with Gasteiger partial charge in [-0.1, -0.05) is 24.6 Å². The SMILES string of the molecule is Br.Cc1ccc2c(c1)C(C)CC(C)(C)N2. The van der Waals surface area contributed by atoms with Gasteiger partial charge in [0, 0.05) is 11.2 Å². The monoisotopic (exact) mass is 269 g/mol. The second-order valence-electron chi connectivity index (χ2n) is 5.20. The summed E-state index contributed by atoms with van der Waals surface area (Å²) in [6.45, 7) is 9.02. The van der Waals surface area contributed by atoms with Gasteiger partial charge < -0.3 is 5.32 Å². The van der Waals surface area contributed by atoms with E-state index in [1.165, 1.54) is 23.2 Å². The van der Waals surface area contributed by atoms with Crippen molar-refractivity contribution in [3.8, 4) is 0 Å². The summed E-state index contributed by atoms with van der Waals surface area (Å²) in [6.07, 6.45) is 1.21. The number of hydrogen-bond donors (Lipinski definition) is 1. The Morgan fingerprint density at radius 1 is 1.33 bits per heavy atom. The lowest BCUT2D eigenvalue weighted by Crippen LogP contribution is -2.36. The van der Waals surface area contributed by atoms with Crippen LogP contribution in [0.5, 0.6) is 0 Å². The van der Waals surface area contributed by atoms with Crippen molar-refractivity contribution >= 4 is 22.7 Å². The standard InChI is InChI=1S/C13H19N.BrH/c1-9-5-6-12-11(7-9)10(2)8-13(3,4)14-12;/h5-7,10,14H,8H2,1-4H3;1H. The van der Waals surface area contributed by atoms with E-state index in [1.807, 2.05) is 0 Å². The summed E-state index contributed by atoms with van der Waals surface area (Å²) < 4.78 is 0. The topological polar surface area (TPSA) is 12.0 Å². The van der Waals surface area contributed by atoms with E-state index in [0.29, 0.717) is 5.92 Å². The van der Waals surface area contributed by atoms with E-state index < -0.39 is 0 Å². The van der Waals surface area contributed by atoms with Crippen LogP contribution in [0.25, 0.3) is 0 Å². The van der Waals surface area contributed by atoms with Crippen molar-refractivity contribution in [2.75, 3.05) is 5.32 Å². The molecule has 2 rings (SSSR count). The van der Waals surface area contributed by atoms with Gasteiger partial charge in [0.05, 0.1) is 0 Å². The van der Waals surface area contributed by atoms with Crippen LogP contribution in [0, 0.1) is 6.92 Å². The molecule has 0 saturated heterocycles. The van der Waals surface area contributed by atoms with E-state index in [9.17, 15) is 0 Å². The smallest absolute Gasteiger partial charge is 0.0379 e. The number of rotatable bonds is 0. The summed E-state index contributed by atoms with van der Waals surface area (Å²) >= 11 is 0. The fourth-order valence-corrected chi connectivity index (χ4v) is 2.49. The molecule has 1 aromatic rings. The zero-order chi connectivity index (χ0) is 10.3. The Hall–Kier alpha value is -0.500. The maximum Gasteiger partial charge on any atom is 0.0379 e. The highest BCUT2D eigenvalue weighted by molar-refractivity contribution is 8.93. The van der Waals surface area contributed by atoms with E-state index in [4.69, 9.17) is 0 Å². The van der Waals surface area contributed by atoms with E-state index in [1.54, 1.807) is 0 Å². The van der Waals surface area contributed by atoms with E-state index in [-0.39, 0.29) is 22.5 Å². The minimum absolute atomic E-state index is 0. The van der Waals surface area contributed by atoms with Crippen LogP contribution in [0.2, 0.25) is 0 Å². The Morgan fingerprint density at radius 3 is 2.67 bits per heavy atom. The van der Waals surface area contributed by atoms with E-state index >= 15 is 0 Å². The van der Waals surface area contributed by atoms with Crippen molar-refractivity contribution in [3.63, 3.8) is 0 Å². The van der Waals surface area contributed by atoms with Crippen molar-refractivity contribution in [1.29, 1.82) is 0 Å². The third kappa shape index (κ3) is 2.54. The molecule has 1 unspecified atom stereocenters. The lowest BCUT2D eigenvalue weighted by Gasteiger charge is -2.37. The van der Waals surface area contributed by atoms with Crippen LogP contribution in [0.1, 0.15) is 44.2 Å². The van der Waals surface area contributed by atoms with Crippen molar-refractivity contribution in [2.45, 2.75) is 45.6 Å². The van der Waals surface area contributed by atoms with Crippen molar-refractivity contribution in [3.05, 3.63) is 29.3 Å².